The van der Waals surface area contributed by atoms with Crippen LogP contribution in [0.3, 0.4) is 0 Å². The molecule has 2 nitrogen and oxygen atoms in total. The lowest BCUT2D eigenvalue weighted by Gasteiger charge is -2.29. The van der Waals surface area contributed by atoms with Gasteiger partial charge >= 0.3 is 0 Å². The molecule has 4 aromatic carbocycles. The van der Waals surface area contributed by atoms with Crippen molar-refractivity contribution in [1.82, 2.24) is 0 Å². The van der Waals surface area contributed by atoms with Crippen molar-refractivity contribution in [2.45, 2.75) is 55.1 Å². The van der Waals surface area contributed by atoms with Crippen LogP contribution in [0.2, 0.25) is 0 Å². The molecule has 194 valence electrons. The van der Waals surface area contributed by atoms with Gasteiger partial charge in [-0.2, -0.15) is 0 Å². The minimum absolute atomic E-state index is 0.180. The molecule has 4 heteroatoms. The van der Waals surface area contributed by atoms with E-state index < -0.39 is 9.75 Å². The van der Waals surface area contributed by atoms with Crippen LogP contribution >= 0.6 is 23.2 Å². The Labute approximate surface area is 235 Å². The molecule has 6 rings (SSSR count). The van der Waals surface area contributed by atoms with Gasteiger partial charge < -0.3 is 9.47 Å². The number of hydrogen-bond acceptors (Lipinski definition) is 2. The first-order valence-corrected chi connectivity index (χ1v) is 14.2. The van der Waals surface area contributed by atoms with Crippen LogP contribution in [-0.2, 0) is 18.6 Å². The van der Waals surface area contributed by atoms with E-state index in [0.29, 0.717) is 13.2 Å². The molecular formula is C34H32Cl2O2. The Bertz CT molecular complexity index is 1260. The van der Waals surface area contributed by atoms with Gasteiger partial charge in [0, 0.05) is 5.41 Å². The minimum atomic E-state index is -0.876. The Hall–Kier alpha value is -2.94. The molecule has 2 fully saturated rings. The number of alkyl halides is 2. The molecule has 2 saturated carbocycles. The summed E-state index contributed by atoms with van der Waals surface area (Å²) in [5, 5.41) is 0. The SMILES string of the molecule is ClC1(Cl)C2(CCCCC2)C1(c1ccc(OCc2ccccc2)cc1)c1ccc(OCc2ccccc2)cc1. The van der Waals surface area contributed by atoms with Gasteiger partial charge in [-0.1, -0.05) is 127 Å². The molecule has 0 bridgehead atoms. The molecule has 0 heterocycles. The van der Waals surface area contributed by atoms with Crippen LogP contribution in [0.5, 0.6) is 11.5 Å². The van der Waals surface area contributed by atoms with Crippen molar-refractivity contribution in [3.05, 3.63) is 131 Å². The van der Waals surface area contributed by atoms with Gasteiger partial charge in [0.05, 0.1) is 5.41 Å². The summed E-state index contributed by atoms with van der Waals surface area (Å²) in [6.07, 6.45) is 5.59. The smallest absolute Gasteiger partial charge is 0.139 e. The van der Waals surface area contributed by atoms with Crippen molar-refractivity contribution in [2.24, 2.45) is 5.41 Å². The first-order valence-electron chi connectivity index (χ1n) is 13.5. The highest BCUT2D eigenvalue weighted by Crippen LogP contribution is 2.84. The van der Waals surface area contributed by atoms with E-state index in [-0.39, 0.29) is 5.41 Å². The highest BCUT2D eigenvalue weighted by Gasteiger charge is 2.86. The quantitative estimate of drug-likeness (QED) is 0.206. The van der Waals surface area contributed by atoms with Crippen LogP contribution in [0.15, 0.2) is 109 Å². The maximum Gasteiger partial charge on any atom is 0.139 e. The summed E-state index contributed by atoms with van der Waals surface area (Å²) in [6.45, 7) is 1.07. The van der Waals surface area contributed by atoms with Gasteiger partial charge in [-0.15, -0.1) is 0 Å². The molecule has 0 amide bonds. The van der Waals surface area contributed by atoms with E-state index in [4.69, 9.17) is 32.7 Å². The summed E-state index contributed by atoms with van der Waals surface area (Å²) in [4.78, 5) is 0. The molecule has 38 heavy (non-hydrogen) atoms. The van der Waals surface area contributed by atoms with E-state index in [1.54, 1.807) is 0 Å². The number of rotatable bonds is 8. The maximum atomic E-state index is 7.33. The van der Waals surface area contributed by atoms with E-state index in [9.17, 15) is 0 Å². The van der Waals surface area contributed by atoms with Crippen molar-refractivity contribution < 1.29 is 9.47 Å². The van der Waals surface area contributed by atoms with E-state index in [2.05, 4.69) is 72.8 Å². The molecule has 4 aromatic rings. The van der Waals surface area contributed by atoms with Crippen molar-refractivity contribution in [3.8, 4) is 11.5 Å². The standard InChI is InChI=1S/C34H32Cl2O2/c35-34(36)32(22-8-3-9-23-32)33(34,28-14-18-30(19-15-28)37-24-26-10-4-1-5-11-26)29-16-20-31(21-17-29)38-25-27-12-6-2-7-13-27/h1-2,4-7,10-21H,3,8-9,22-25H2. The Balaban J connectivity index is 1.28. The first-order chi connectivity index (χ1) is 18.6. The average Bonchev–Trinajstić information content (AvgIpc) is 3.39. The number of benzene rings is 4. The fourth-order valence-corrected chi connectivity index (χ4v) is 7.98. The van der Waals surface area contributed by atoms with Gasteiger partial charge in [0.15, 0.2) is 0 Å². The van der Waals surface area contributed by atoms with Crippen LogP contribution in [0.4, 0.5) is 0 Å². The largest absolute Gasteiger partial charge is 0.489 e. The van der Waals surface area contributed by atoms with Crippen LogP contribution in [0.25, 0.3) is 0 Å². The summed E-state index contributed by atoms with van der Waals surface area (Å²) in [6, 6.07) is 37.3. The van der Waals surface area contributed by atoms with Crippen LogP contribution < -0.4 is 9.47 Å². The van der Waals surface area contributed by atoms with Crippen molar-refractivity contribution in [2.75, 3.05) is 0 Å². The topological polar surface area (TPSA) is 18.5 Å². The molecule has 1 spiro atoms. The lowest BCUT2D eigenvalue weighted by atomic mass is 9.73. The summed E-state index contributed by atoms with van der Waals surface area (Å²) in [5.41, 5.74) is 3.93. The number of halogens is 2. The lowest BCUT2D eigenvalue weighted by molar-refractivity contribution is 0.298. The zero-order valence-electron chi connectivity index (χ0n) is 21.4. The second kappa shape index (κ2) is 10.3. The highest BCUT2D eigenvalue weighted by atomic mass is 35.5. The molecule has 0 unspecified atom stereocenters. The van der Waals surface area contributed by atoms with Crippen molar-refractivity contribution in [3.63, 3.8) is 0 Å². The Morgan fingerprint density at radius 1 is 0.526 bits per heavy atom. The van der Waals surface area contributed by atoms with E-state index in [1.807, 2.05) is 36.4 Å². The van der Waals surface area contributed by atoms with Gasteiger partial charge in [-0.05, 0) is 59.4 Å². The molecule has 2 aliphatic rings. The third kappa shape index (κ3) is 4.19. The van der Waals surface area contributed by atoms with Gasteiger partial charge in [-0.3, -0.25) is 0 Å². The van der Waals surface area contributed by atoms with E-state index >= 15 is 0 Å². The average molecular weight is 544 g/mol. The predicted octanol–water partition coefficient (Wildman–Crippen LogP) is 9.27. The Kier molecular flexibility index (Phi) is 6.88. The predicted molar refractivity (Wildman–Crippen MR) is 155 cm³/mol. The monoisotopic (exact) mass is 542 g/mol. The Morgan fingerprint density at radius 3 is 1.37 bits per heavy atom. The van der Waals surface area contributed by atoms with E-state index in [1.165, 1.54) is 6.42 Å². The normalized spacial score (nSPS) is 18.6. The second-order valence-electron chi connectivity index (χ2n) is 10.6. The van der Waals surface area contributed by atoms with Crippen LogP contribution in [0, 0.1) is 5.41 Å². The Morgan fingerprint density at radius 2 is 0.947 bits per heavy atom. The molecule has 0 saturated heterocycles. The number of ether oxygens (including phenoxy) is 2. The summed E-state index contributed by atoms with van der Waals surface area (Å²) in [7, 11) is 0. The molecular weight excluding hydrogens is 511 g/mol. The fourth-order valence-electron chi connectivity index (χ4n) is 6.61. The fraction of sp³-hybridized carbons (Fsp3) is 0.294. The first kappa shape index (κ1) is 25.3. The summed E-state index contributed by atoms with van der Waals surface area (Å²) < 4.78 is 11.3. The maximum absolute atomic E-state index is 7.33. The van der Waals surface area contributed by atoms with Crippen molar-refractivity contribution >= 4 is 23.2 Å². The molecule has 0 N–H and O–H groups in total. The summed E-state index contributed by atoms with van der Waals surface area (Å²) in [5.74, 6) is 1.68. The zero-order valence-corrected chi connectivity index (χ0v) is 22.9. The van der Waals surface area contributed by atoms with E-state index in [0.717, 1.165) is 59.4 Å². The van der Waals surface area contributed by atoms with Gasteiger partial charge in [-0.25, -0.2) is 0 Å². The second-order valence-corrected chi connectivity index (χ2v) is 11.9. The molecule has 0 aromatic heterocycles. The molecule has 0 radical (unpaired) electrons. The van der Waals surface area contributed by atoms with Gasteiger partial charge in [0.1, 0.15) is 29.0 Å². The lowest BCUT2D eigenvalue weighted by Crippen LogP contribution is -2.23. The minimum Gasteiger partial charge on any atom is -0.489 e. The molecule has 0 atom stereocenters. The van der Waals surface area contributed by atoms with Crippen LogP contribution in [-0.4, -0.2) is 4.33 Å². The third-order valence-corrected chi connectivity index (χ3v) is 9.80. The number of hydrogen-bond donors (Lipinski definition) is 0. The van der Waals surface area contributed by atoms with Gasteiger partial charge in [0.25, 0.3) is 0 Å². The molecule has 0 aliphatic heterocycles. The summed E-state index contributed by atoms with van der Waals surface area (Å²) >= 11 is 14.7. The third-order valence-electron chi connectivity index (χ3n) is 8.51. The zero-order chi connectivity index (χ0) is 26.1. The van der Waals surface area contributed by atoms with Crippen molar-refractivity contribution in [1.29, 1.82) is 0 Å². The van der Waals surface area contributed by atoms with Gasteiger partial charge in [0.2, 0.25) is 0 Å². The highest BCUT2D eigenvalue weighted by molar-refractivity contribution is 6.53. The van der Waals surface area contributed by atoms with Crippen LogP contribution in [0.1, 0.15) is 54.4 Å². The molecule has 2 aliphatic carbocycles.